The van der Waals surface area contributed by atoms with E-state index in [4.69, 9.17) is 0 Å². The molecule has 0 radical (unpaired) electrons. The summed E-state index contributed by atoms with van der Waals surface area (Å²) in [5.74, 6) is 0. The zero-order chi connectivity index (χ0) is 13.2. The summed E-state index contributed by atoms with van der Waals surface area (Å²) in [4.78, 5) is 2.20. The van der Waals surface area contributed by atoms with Crippen LogP contribution in [0.25, 0.3) is 0 Å². The number of likely N-dealkylation sites (N-methyl/N-ethyl adjacent to an activating group) is 1. The van der Waals surface area contributed by atoms with Crippen LogP contribution in [0, 0.1) is 0 Å². The van der Waals surface area contributed by atoms with Crippen LogP contribution < -0.4 is 0 Å². The van der Waals surface area contributed by atoms with Gasteiger partial charge in [-0.2, -0.15) is 5.10 Å². The molecule has 0 amide bonds. The first-order chi connectivity index (χ1) is 8.52. The molecular formula is C14H25N3O. The van der Waals surface area contributed by atoms with Crippen molar-refractivity contribution in [2.45, 2.75) is 51.2 Å². The van der Waals surface area contributed by atoms with Crippen LogP contribution in [-0.4, -0.2) is 45.5 Å². The lowest BCUT2D eigenvalue weighted by molar-refractivity contribution is -0.0231. The first-order valence-corrected chi connectivity index (χ1v) is 6.97. The average Bonchev–Trinajstić information content (AvgIpc) is 2.75. The van der Waals surface area contributed by atoms with E-state index in [0.717, 1.165) is 38.0 Å². The fraction of sp³-hybridized carbons (Fsp3) is 0.786. The van der Waals surface area contributed by atoms with Crippen molar-refractivity contribution in [3.05, 3.63) is 18.0 Å². The second-order valence-corrected chi connectivity index (χ2v) is 5.79. The Labute approximate surface area is 110 Å². The summed E-state index contributed by atoms with van der Waals surface area (Å²) in [6.45, 7) is 6.17. The fourth-order valence-corrected chi connectivity index (χ4v) is 2.72. The molecule has 1 N–H and O–H groups in total. The predicted octanol–water partition coefficient (Wildman–Crippen LogP) is 1.85. The van der Waals surface area contributed by atoms with Crippen LogP contribution in [0.4, 0.5) is 0 Å². The monoisotopic (exact) mass is 251 g/mol. The van der Waals surface area contributed by atoms with Crippen molar-refractivity contribution in [1.82, 2.24) is 14.7 Å². The van der Waals surface area contributed by atoms with E-state index in [0.29, 0.717) is 12.5 Å². The molecule has 0 aliphatic carbocycles. The van der Waals surface area contributed by atoms with E-state index in [1.807, 2.05) is 16.9 Å². The highest BCUT2D eigenvalue weighted by atomic mass is 16.3. The van der Waals surface area contributed by atoms with Gasteiger partial charge in [-0.05, 0) is 45.8 Å². The molecule has 1 fully saturated rings. The number of β-amino-alcohol motifs (C(OH)–C–C–N with tert-alkyl or cyclic N) is 1. The summed E-state index contributed by atoms with van der Waals surface area (Å²) in [5, 5.41) is 15.2. The van der Waals surface area contributed by atoms with E-state index in [1.54, 1.807) is 0 Å². The minimum Gasteiger partial charge on any atom is -0.388 e. The molecule has 2 unspecified atom stereocenters. The molecule has 0 bridgehead atoms. The molecule has 4 heteroatoms. The Kier molecular flexibility index (Phi) is 4.07. The minimum atomic E-state index is -0.596. The third kappa shape index (κ3) is 3.12. The summed E-state index contributed by atoms with van der Waals surface area (Å²) in [6.07, 6.45) is 5.72. The normalized spacial score (nSPS) is 27.3. The number of piperidine rings is 1. The standard InChI is InChI=1S/C14H25N3O/c1-4-12(2)17-9-6-13(15-17)10-14(18)7-5-8-16(3)11-14/h6,9,12,18H,4-5,7-8,10-11H2,1-3H3. The van der Waals surface area contributed by atoms with E-state index in [2.05, 4.69) is 30.9 Å². The molecule has 102 valence electrons. The maximum Gasteiger partial charge on any atom is 0.0830 e. The number of likely N-dealkylation sites (tertiary alicyclic amines) is 1. The lowest BCUT2D eigenvalue weighted by Crippen LogP contribution is -2.47. The van der Waals surface area contributed by atoms with Crippen LogP contribution in [0.5, 0.6) is 0 Å². The summed E-state index contributed by atoms with van der Waals surface area (Å²) < 4.78 is 2.01. The molecule has 0 spiro atoms. The van der Waals surface area contributed by atoms with Crippen molar-refractivity contribution in [2.75, 3.05) is 20.1 Å². The Morgan fingerprint density at radius 2 is 2.33 bits per heavy atom. The lowest BCUT2D eigenvalue weighted by atomic mass is 9.89. The number of aromatic nitrogens is 2. The number of rotatable bonds is 4. The summed E-state index contributed by atoms with van der Waals surface area (Å²) in [6, 6.07) is 2.47. The van der Waals surface area contributed by atoms with Gasteiger partial charge in [0.2, 0.25) is 0 Å². The molecule has 2 rings (SSSR count). The molecular weight excluding hydrogens is 226 g/mol. The number of nitrogens with zero attached hydrogens (tertiary/aromatic N) is 3. The molecule has 1 saturated heterocycles. The Morgan fingerprint density at radius 3 is 3.00 bits per heavy atom. The Bertz CT molecular complexity index is 390. The van der Waals surface area contributed by atoms with Crippen LogP contribution in [0.3, 0.4) is 0 Å². The topological polar surface area (TPSA) is 41.3 Å². The Hall–Kier alpha value is -0.870. The molecule has 0 aromatic carbocycles. The van der Waals surface area contributed by atoms with Gasteiger partial charge in [-0.25, -0.2) is 0 Å². The van der Waals surface area contributed by atoms with Crippen molar-refractivity contribution >= 4 is 0 Å². The van der Waals surface area contributed by atoms with Crippen LogP contribution >= 0.6 is 0 Å². The number of hydrogen-bond acceptors (Lipinski definition) is 3. The zero-order valence-electron chi connectivity index (χ0n) is 11.8. The Balaban J connectivity index is 2.02. The van der Waals surface area contributed by atoms with Gasteiger partial charge in [-0.15, -0.1) is 0 Å². The van der Waals surface area contributed by atoms with Crippen LogP contribution in [0.2, 0.25) is 0 Å². The molecule has 1 aliphatic heterocycles. The molecule has 0 saturated carbocycles. The van der Waals surface area contributed by atoms with Crippen molar-refractivity contribution in [2.24, 2.45) is 0 Å². The first-order valence-electron chi connectivity index (χ1n) is 6.97. The van der Waals surface area contributed by atoms with Crippen LogP contribution in [-0.2, 0) is 6.42 Å². The number of aliphatic hydroxyl groups is 1. The van der Waals surface area contributed by atoms with E-state index in [1.165, 1.54) is 0 Å². The van der Waals surface area contributed by atoms with Gasteiger partial charge < -0.3 is 10.0 Å². The van der Waals surface area contributed by atoms with Gasteiger partial charge in [0.25, 0.3) is 0 Å². The molecule has 18 heavy (non-hydrogen) atoms. The molecule has 1 aromatic rings. The van der Waals surface area contributed by atoms with E-state index < -0.39 is 5.60 Å². The summed E-state index contributed by atoms with van der Waals surface area (Å²) >= 11 is 0. The second kappa shape index (κ2) is 5.41. The van der Waals surface area contributed by atoms with E-state index in [-0.39, 0.29) is 0 Å². The highest BCUT2D eigenvalue weighted by Gasteiger charge is 2.32. The van der Waals surface area contributed by atoms with E-state index >= 15 is 0 Å². The van der Waals surface area contributed by atoms with Crippen molar-refractivity contribution in [1.29, 1.82) is 0 Å². The quantitative estimate of drug-likeness (QED) is 0.888. The lowest BCUT2D eigenvalue weighted by Gasteiger charge is -2.37. The smallest absolute Gasteiger partial charge is 0.0830 e. The van der Waals surface area contributed by atoms with Gasteiger partial charge in [-0.1, -0.05) is 6.92 Å². The molecule has 2 atom stereocenters. The molecule has 2 heterocycles. The van der Waals surface area contributed by atoms with Gasteiger partial charge in [0.15, 0.2) is 0 Å². The van der Waals surface area contributed by atoms with Gasteiger partial charge in [0.05, 0.1) is 11.3 Å². The summed E-state index contributed by atoms with van der Waals surface area (Å²) in [5.41, 5.74) is 0.412. The van der Waals surface area contributed by atoms with Crippen molar-refractivity contribution in [3.8, 4) is 0 Å². The van der Waals surface area contributed by atoms with Crippen LogP contribution in [0.15, 0.2) is 12.3 Å². The maximum absolute atomic E-state index is 10.6. The van der Waals surface area contributed by atoms with Gasteiger partial charge in [-0.3, -0.25) is 4.68 Å². The first kappa shape index (κ1) is 13.6. The SMILES string of the molecule is CCC(C)n1ccc(CC2(O)CCCN(C)C2)n1. The highest BCUT2D eigenvalue weighted by Crippen LogP contribution is 2.24. The molecule has 1 aromatic heterocycles. The minimum absolute atomic E-state index is 0.433. The van der Waals surface area contributed by atoms with Crippen molar-refractivity contribution < 1.29 is 5.11 Å². The maximum atomic E-state index is 10.6. The predicted molar refractivity (Wildman–Crippen MR) is 72.6 cm³/mol. The summed E-state index contributed by atoms with van der Waals surface area (Å²) in [7, 11) is 2.07. The second-order valence-electron chi connectivity index (χ2n) is 5.79. The zero-order valence-corrected chi connectivity index (χ0v) is 11.8. The third-order valence-corrected chi connectivity index (χ3v) is 3.96. The van der Waals surface area contributed by atoms with Gasteiger partial charge in [0, 0.05) is 25.2 Å². The molecule has 4 nitrogen and oxygen atoms in total. The third-order valence-electron chi connectivity index (χ3n) is 3.96. The average molecular weight is 251 g/mol. The van der Waals surface area contributed by atoms with Gasteiger partial charge in [0.1, 0.15) is 0 Å². The largest absolute Gasteiger partial charge is 0.388 e. The fourth-order valence-electron chi connectivity index (χ4n) is 2.72. The number of hydrogen-bond donors (Lipinski definition) is 1. The van der Waals surface area contributed by atoms with Gasteiger partial charge >= 0.3 is 0 Å². The van der Waals surface area contributed by atoms with E-state index in [9.17, 15) is 5.11 Å². The van der Waals surface area contributed by atoms with Crippen molar-refractivity contribution in [3.63, 3.8) is 0 Å². The highest BCUT2D eigenvalue weighted by molar-refractivity contribution is 5.06. The van der Waals surface area contributed by atoms with Crippen LogP contribution in [0.1, 0.15) is 44.8 Å². The molecule has 1 aliphatic rings. The Morgan fingerprint density at radius 1 is 1.56 bits per heavy atom.